The maximum absolute atomic E-state index is 11.8. The number of carbonyl (C=O) groups excluding carboxylic acids is 1. The summed E-state index contributed by atoms with van der Waals surface area (Å²) in [7, 11) is 0. The monoisotopic (exact) mass is 224 g/mol. The summed E-state index contributed by atoms with van der Waals surface area (Å²) in [5.74, 6) is 0.817. The first-order valence-corrected chi connectivity index (χ1v) is 5.52. The molecule has 0 atom stereocenters. The highest BCUT2D eigenvalue weighted by Gasteiger charge is 2.16. The van der Waals surface area contributed by atoms with Crippen LogP contribution < -0.4 is 0 Å². The van der Waals surface area contributed by atoms with Crippen LogP contribution in [0.3, 0.4) is 0 Å². The molecule has 0 spiro atoms. The third-order valence-electron chi connectivity index (χ3n) is 2.63. The van der Waals surface area contributed by atoms with Gasteiger partial charge in [-0.1, -0.05) is 0 Å². The van der Waals surface area contributed by atoms with Crippen molar-refractivity contribution in [1.29, 1.82) is 0 Å². The minimum atomic E-state index is 0.170. The first kappa shape index (κ1) is 11.1. The number of ether oxygens (including phenoxy) is 1. The number of aryl methyl sites for hydroxylation is 2. The number of oxazole rings is 1. The highest BCUT2D eigenvalue weighted by molar-refractivity contribution is 5.76. The zero-order valence-corrected chi connectivity index (χ0v) is 9.44. The Labute approximate surface area is 94.4 Å². The molecular weight excluding hydrogens is 208 g/mol. The summed E-state index contributed by atoms with van der Waals surface area (Å²) < 4.78 is 10.3. The Balaban J connectivity index is 1.78. The molecule has 0 saturated carbocycles. The lowest BCUT2D eigenvalue weighted by atomic mass is 10.2. The largest absolute Gasteiger partial charge is 0.449 e. The summed E-state index contributed by atoms with van der Waals surface area (Å²) in [4.78, 5) is 17.8. The van der Waals surface area contributed by atoms with Gasteiger partial charge in [0.25, 0.3) is 0 Å². The summed E-state index contributed by atoms with van der Waals surface area (Å²) in [5.41, 5.74) is 0.846. The number of hydrogen-bond donors (Lipinski definition) is 0. The first-order valence-electron chi connectivity index (χ1n) is 5.52. The molecule has 0 bridgehead atoms. The van der Waals surface area contributed by atoms with Crippen LogP contribution in [0.15, 0.2) is 10.7 Å². The van der Waals surface area contributed by atoms with Crippen LogP contribution >= 0.6 is 0 Å². The van der Waals surface area contributed by atoms with Crippen molar-refractivity contribution in [3.63, 3.8) is 0 Å². The van der Waals surface area contributed by atoms with Gasteiger partial charge in [0, 0.05) is 32.9 Å². The van der Waals surface area contributed by atoms with Gasteiger partial charge in [0.2, 0.25) is 5.91 Å². The van der Waals surface area contributed by atoms with E-state index in [1.54, 1.807) is 13.2 Å². The van der Waals surface area contributed by atoms with E-state index in [9.17, 15) is 4.79 Å². The lowest BCUT2D eigenvalue weighted by molar-refractivity contribution is -0.135. The molecule has 16 heavy (non-hydrogen) atoms. The molecule has 0 aromatic carbocycles. The van der Waals surface area contributed by atoms with Gasteiger partial charge in [0.15, 0.2) is 5.89 Å². The number of aromatic nitrogens is 1. The average Bonchev–Trinajstić information content (AvgIpc) is 2.73. The molecule has 1 aliphatic heterocycles. The van der Waals surface area contributed by atoms with E-state index in [1.165, 1.54) is 0 Å². The Kier molecular flexibility index (Phi) is 3.56. The van der Waals surface area contributed by atoms with Gasteiger partial charge in [0.1, 0.15) is 6.26 Å². The number of rotatable bonds is 3. The minimum absolute atomic E-state index is 0.170. The van der Waals surface area contributed by atoms with Crippen molar-refractivity contribution >= 4 is 5.91 Å². The Morgan fingerprint density at radius 2 is 2.25 bits per heavy atom. The molecule has 1 saturated heterocycles. The molecule has 0 unspecified atom stereocenters. The molecule has 1 aromatic heterocycles. The summed E-state index contributed by atoms with van der Waals surface area (Å²) in [5, 5.41) is 0. The second-order valence-corrected chi connectivity index (χ2v) is 3.85. The summed E-state index contributed by atoms with van der Waals surface area (Å²) in [6, 6.07) is 0. The highest BCUT2D eigenvalue weighted by Crippen LogP contribution is 2.06. The zero-order chi connectivity index (χ0) is 11.4. The fourth-order valence-electron chi connectivity index (χ4n) is 1.73. The standard InChI is InChI=1S/C11H16N2O3/c1-9-12-10(8-16-9)2-3-11(14)13-4-6-15-7-5-13/h8H,2-7H2,1H3. The number of nitrogens with zero attached hydrogens (tertiary/aromatic N) is 2. The van der Waals surface area contributed by atoms with E-state index >= 15 is 0 Å². The fraction of sp³-hybridized carbons (Fsp3) is 0.636. The molecule has 0 radical (unpaired) electrons. The van der Waals surface area contributed by atoms with Crippen molar-refractivity contribution in [2.45, 2.75) is 19.8 Å². The SMILES string of the molecule is Cc1nc(CCC(=O)N2CCOCC2)co1. The van der Waals surface area contributed by atoms with Crippen molar-refractivity contribution in [3.05, 3.63) is 17.8 Å². The quantitative estimate of drug-likeness (QED) is 0.761. The van der Waals surface area contributed by atoms with Crippen LogP contribution in [0.1, 0.15) is 18.0 Å². The Morgan fingerprint density at radius 3 is 2.88 bits per heavy atom. The number of morpholine rings is 1. The number of amides is 1. The molecular formula is C11H16N2O3. The van der Waals surface area contributed by atoms with Crippen molar-refractivity contribution in [2.75, 3.05) is 26.3 Å². The molecule has 2 heterocycles. The average molecular weight is 224 g/mol. The van der Waals surface area contributed by atoms with Crippen LogP contribution in [0, 0.1) is 6.92 Å². The van der Waals surface area contributed by atoms with E-state index in [-0.39, 0.29) is 5.91 Å². The maximum Gasteiger partial charge on any atom is 0.223 e. The summed E-state index contributed by atoms with van der Waals surface area (Å²) >= 11 is 0. The predicted octanol–water partition coefficient (Wildman–Crippen LogP) is 0.774. The third kappa shape index (κ3) is 2.82. The number of hydrogen-bond acceptors (Lipinski definition) is 4. The van der Waals surface area contributed by atoms with E-state index in [1.807, 2.05) is 4.90 Å². The van der Waals surface area contributed by atoms with E-state index in [4.69, 9.17) is 9.15 Å². The van der Waals surface area contributed by atoms with E-state index < -0.39 is 0 Å². The molecule has 5 nitrogen and oxygen atoms in total. The fourth-order valence-corrected chi connectivity index (χ4v) is 1.73. The van der Waals surface area contributed by atoms with Gasteiger partial charge >= 0.3 is 0 Å². The second kappa shape index (κ2) is 5.12. The molecule has 0 N–H and O–H groups in total. The van der Waals surface area contributed by atoms with E-state index in [0.717, 1.165) is 5.69 Å². The van der Waals surface area contributed by atoms with Crippen molar-refractivity contribution < 1.29 is 13.9 Å². The molecule has 88 valence electrons. The minimum Gasteiger partial charge on any atom is -0.449 e. The Bertz CT molecular complexity index is 356. The second-order valence-electron chi connectivity index (χ2n) is 3.85. The van der Waals surface area contributed by atoms with Gasteiger partial charge in [-0.25, -0.2) is 4.98 Å². The van der Waals surface area contributed by atoms with Crippen molar-refractivity contribution in [2.24, 2.45) is 0 Å². The Hall–Kier alpha value is -1.36. The molecule has 1 aliphatic rings. The van der Waals surface area contributed by atoms with Crippen LogP contribution in [-0.4, -0.2) is 42.1 Å². The van der Waals surface area contributed by atoms with Crippen molar-refractivity contribution in [1.82, 2.24) is 9.88 Å². The van der Waals surface area contributed by atoms with Gasteiger partial charge in [-0.05, 0) is 0 Å². The van der Waals surface area contributed by atoms with Gasteiger partial charge in [-0.15, -0.1) is 0 Å². The normalized spacial score (nSPS) is 16.4. The van der Waals surface area contributed by atoms with Gasteiger partial charge < -0.3 is 14.1 Å². The predicted molar refractivity (Wildman–Crippen MR) is 57.0 cm³/mol. The van der Waals surface area contributed by atoms with Crippen LogP contribution in [0.25, 0.3) is 0 Å². The molecule has 1 aromatic rings. The first-order chi connectivity index (χ1) is 7.75. The van der Waals surface area contributed by atoms with Crippen molar-refractivity contribution in [3.8, 4) is 0 Å². The summed E-state index contributed by atoms with van der Waals surface area (Å²) in [6.07, 6.45) is 2.75. The summed E-state index contributed by atoms with van der Waals surface area (Å²) in [6.45, 7) is 4.50. The molecule has 1 fully saturated rings. The van der Waals surface area contributed by atoms with Crippen LogP contribution in [0.4, 0.5) is 0 Å². The molecule has 1 amide bonds. The molecule has 2 rings (SSSR count). The lowest BCUT2D eigenvalue weighted by Crippen LogP contribution is -2.40. The topological polar surface area (TPSA) is 55.6 Å². The van der Waals surface area contributed by atoms with E-state index in [0.29, 0.717) is 45.0 Å². The molecule has 0 aliphatic carbocycles. The van der Waals surface area contributed by atoms with Crippen LogP contribution in [-0.2, 0) is 16.0 Å². The zero-order valence-electron chi connectivity index (χ0n) is 9.44. The van der Waals surface area contributed by atoms with Crippen LogP contribution in [0.2, 0.25) is 0 Å². The van der Waals surface area contributed by atoms with E-state index in [2.05, 4.69) is 4.98 Å². The highest BCUT2D eigenvalue weighted by atomic mass is 16.5. The molecule has 5 heteroatoms. The number of carbonyl (C=O) groups is 1. The maximum atomic E-state index is 11.8. The third-order valence-corrected chi connectivity index (χ3v) is 2.63. The lowest BCUT2D eigenvalue weighted by Gasteiger charge is -2.26. The van der Waals surface area contributed by atoms with Gasteiger partial charge in [-0.2, -0.15) is 0 Å². The van der Waals surface area contributed by atoms with Gasteiger partial charge in [0.05, 0.1) is 18.9 Å². The van der Waals surface area contributed by atoms with Crippen LogP contribution in [0.5, 0.6) is 0 Å². The van der Waals surface area contributed by atoms with Gasteiger partial charge in [-0.3, -0.25) is 4.79 Å². The smallest absolute Gasteiger partial charge is 0.223 e. The Morgan fingerprint density at radius 1 is 1.50 bits per heavy atom.